The van der Waals surface area contributed by atoms with Crippen molar-refractivity contribution < 1.29 is 4.90 Å². The molecule has 1 atom stereocenters. The Morgan fingerprint density at radius 3 is 2.74 bits per heavy atom. The number of nitrogens with zero attached hydrogens (tertiary/aromatic N) is 4. The van der Waals surface area contributed by atoms with Crippen LogP contribution >= 0.6 is 34.5 Å². The third kappa shape index (κ3) is 3.64. The molecule has 0 radical (unpaired) electrons. The van der Waals surface area contributed by atoms with Crippen molar-refractivity contribution >= 4 is 34.5 Å². The van der Waals surface area contributed by atoms with Gasteiger partial charge in [-0.05, 0) is 40.1 Å². The summed E-state index contributed by atoms with van der Waals surface area (Å²) >= 11 is 13.4. The molecule has 2 heterocycles. The van der Waals surface area contributed by atoms with Crippen molar-refractivity contribution in [3.8, 4) is 5.00 Å². The topological polar surface area (TPSA) is 57.2 Å². The number of hydrogen-bond acceptors (Lipinski definition) is 4. The Morgan fingerprint density at radius 2 is 2.04 bits per heavy atom. The van der Waals surface area contributed by atoms with E-state index in [1.165, 1.54) is 20.7 Å². The van der Waals surface area contributed by atoms with E-state index in [0.717, 1.165) is 15.5 Å². The first kappa shape index (κ1) is 16.2. The minimum Gasteiger partial charge on any atom is -0.315 e. The van der Waals surface area contributed by atoms with Crippen molar-refractivity contribution in [2.75, 3.05) is 7.05 Å². The molecule has 0 amide bonds. The zero-order chi connectivity index (χ0) is 16.4. The van der Waals surface area contributed by atoms with Crippen LogP contribution in [-0.2, 0) is 13.2 Å². The van der Waals surface area contributed by atoms with E-state index >= 15 is 0 Å². The van der Waals surface area contributed by atoms with Crippen molar-refractivity contribution in [1.82, 2.24) is 19.8 Å². The molecule has 1 aromatic carbocycles. The van der Waals surface area contributed by atoms with Crippen molar-refractivity contribution in [2.45, 2.75) is 13.2 Å². The zero-order valence-electron chi connectivity index (χ0n) is 12.2. The number of hydrogen-bond donors (Lipinski definition) is 1. The zero-order valence-corrected chi connectivity index (χ0v) is 14.6. The highest BCUT2D eigenvalue weighted by Crippen LogP contribution is 2.22. The number of benzene rings is 1. The van der Waals surface area contributed by atoms with E-state index in [4.69, 9.17) is 23.2 Å². The van der Waals surface area contributed by atoms with Crippen LogP contribution in [0.2, 0.25) is 10.0 Å². The largest absolute Gasteiger partial charge is 0.374 e. The molecule has 3 rings (SSSR count). The van der Waals surface area contributed by atoms with Gasteiger partial charge in [0.1, 0.15) is 11.5 Å². The monoisotopic (exact) mass is 370 g/mol. The van der Waals surface area contributed by atoms with Gasteiger partial charge in [-0.1, -0.05) is 29.3 Å². The lowest BCUT2D eigenvalue weighted by Gasteiger charge is -2.13. The molecular formula is C14H14Cl2N5OS+. The molecule has 1 unspecified atom stereocenters. The quantitative estimate of drug-likeness (QED) is 0.739. The number of quaternary nitrogens is 1. The minimum atomic E-state index is -0.249. The third-order valence-corrected chi connectivity index (χ3v) is 4.85. The summed E-state index contributed by atoms with van der Waals surface area (Å²) in [6.07, 6.45) is 0. The Labute approximate surface area is 146 Å². The highest BCUT2D eigenvalue weighted by atomic mass is 35.5. The van der Waals surface area contributed by atoms with E-state index in [1.54, 1.807) is 6.07 Å². The number of thiophene rings is 1. The van der Waals surface area contributed by atoms with Crippen LogP contribution in [0.25, 0.3) is 5.00 Å². The van der Waals surface area contributed by atoms with Crippen LogP contribution in [0.5, 0.6) is 0 Å². The number of halogens is 2. The summed E-state index contributed by atoms with van der Waals surface area (Å²) < 4.78 is 2.66. The Morgan fingerprint density at radius 1 is 1.22 bits per heavy atom. The van der Waals surface area contributed by atoms with Crippen LogP contribution in [-0.4, -0.2) is 26.8 Å². The first-order chi connectivity index (χ1) is 11.0. The smallest absolute Gasteiger partial charge is 0.315 e. The number of tetrazole rings is 1. The Hall–Kier alpha value is -1.67. The Bertz CT molecular complexity index is 858. The molecule has 0 bridgehead atoms. The van der Waals surface area contributed by atoms with Gasteiger partial charge in [0.05, 0.1) is 17.1 Å². The van der Waals surface area contributed by atoms with Gasteiger partial charge < -0.3 is 4.90 Å². The predicted molar refractivity (Wildman–Crippen MR) is 90.5 cm³/mol. The fourth-order valence-corrected chi connectivity index (χ4v) is 3.20. The Kier molecular flexibility index (Phi) is 4.82. The number of aromatic nitrogens is 4. The molecule has 23 heavy (non-hydrogen) atoms. The van der Waals surface area contributed by atoms with E-state index in [0.29, 0.717) is 23.3 Å². The molecule has 0 aliphatic rings. The lowest BCUT2D eigenvalue weighted by molar-refractivity contribution is -0.917. The molecule has 0 saturated heterocycles. The average molecular weight is 371 g/mol. The summed E-state index contributed by atoms with van der Waals surface area (Å²) in [5.74, 6) is 0. The van der Waals surface area contributed by atoms with Crippen molar-refractivity contribution in [2.24, 2.45) is 0 Å². The van der Waals surface area contributed by atoms with Gasteiger partial charge in [0.25, 0.3) is 0 Å². The molecule has 1 N–H and O–H groups in total. The van der Waals surface area contributed by atoms with Gasteiger partial charge in [0.2, 0.25) is 0 Å². The third-order valence-electron chi connectivity index (χ3n) is 3.26. The number of nitrogens with one attached hydrogen (secondary N) is 1. The molecule has 120 valence electrons. The highest BCUT2D eigenvalue weighted by Gasteiger charge is 2.13. The molecular weight excluding hydrogens is 357 g/mol. The van der Waals surface area contributed by atoms with Crippen LogP contribution < -0.4 is 10.6 Å². The maximum Gasteiger partial charge on any atom is 0.374 e. The first-order valence-electron chi connectivity index (χ1n) is 6.86. The fraction of sp³-hybridized carbons (Fsp3) is 0.214. The lowest BCUT2D eigenvalue weighted by Crippen LogP contribution is -3.07. The van der Waals surface area contributed by atoms with Crippen molar-refractivity contribution in [1.29, 1.82) is 0 Å². The maximum absolute atomic E-state index is 12.3. The van der Waals surface area contributed by atoms with Gasteiger partial charge in [-0.15, -0.1) is 20.7 Å². The minimum absolute atomic E-state index is 0.249. The summed E-state index contributed by atoms with van der Waals surface area (Å²) in [5.41, 5.74) is 0.788. The SMILES string of the molecule is C[NH+](Cc1ccc(Cl)c(Cl)c1)Cn1nnn(-c2cccs2)c1=O. The number of rotatable bonds is 5. The maximum atomic E-state index is 12.3. The van der Waals surface area contributed by atoms with Gasteiger partial charge in [0, 0.05) is 5.56 Å². The predicted octanol–water partition coefficient (Wildman–Crippen LogP) is 1.47. The Balaban J connectivity index is 1.72. The highest BCUT2D eigenvalue weighted by molar-refractivity contribution is 7.12. The summed E-state index contributed by atoms with van der Waals surface area (Å²) in [7, 11) is 1.97. The van der Waals surface area contributed by atoms with E-state index in [9.17, 15) is 4.79 Å². The van der Waals surface area contributed by atoms with Crippen LogP contribution in [0.15, 0.2) is 40.5 Å². The first-order valence-corrected chi connectivity index (χ1v) is 8.50. The van der Waals surface area contributed by atoms with Gasteiger partial charge in [-0.25, -0.2) is 4.79 Å². The lowest BCUT2D eigenvalue weighted by atomic mass is 10.2. The normalized spacial score (nSPS) is 12.5. The van der Waals surface area contributed by atoms with Gasteiger partial charge in [-0.2, -0.15) is 0 Å². The summed E-state index contributed by atoms with van der Waals surface area (Å²) in [5, 5.41) is 11.6. The second-order valence-corrected chi connectivity index (χ2v) is 6.91. The molecule has 3 aromatic rings. The summed E-state index contributed by atoms with van der Waals surface area (Å²) in [4.78, 5) is 13.4. The van der Waals surface area contributed by atoms with Crippen LogP contribution in [0, 0.1) is 0 Å². The molecule has 9 heteroatoms. The summed E-state index contributed by atoms with van der Waals surface area (Å²) in [6, 6.07) is 9.22. The standard InChI is InChI=1S/C14H13Cl2N5OS/c1-19(8-10-4-5-11(15)12(16)7-10)9-20-14(22)21(18-17-20)13-3-2-6-23-13/h2-7H,8-9H2,1H3/p+1. The molecule has 0 saturated carbocycles. The van der Waals surface area contributed by atoms with Crippen molar-refractivity contribution in [3.63, 3.8) is 0 Å². The molecule has 2 aromatic heterocycles. The van der Waals surface area contributed by atoms with E-state index in [2.05, 4.69) is 10.4 Å². The van der Waals surface area contributed by atoms with E-state index < -0.39 is 0 Å². The van der Waals surface area contributed by atoms with Gasteiger partial charge in [-0.3, -0.25) is 0 Å². The molecule has 0 fully saturated rings. The second-order valence-electron chi connectivity index (χ2n) is 5.16. The van der Waals surface area contributed by atoms with E-state index in [-0.39, 0.29) is 5.69 Å². The van der Waals surface area contributed by atoms with Gasteiger partial charge >= 0.3 is 5.69 Å². The van der Waals surface area contributed by atoms with Crippen LogP contribution in [0.1, 0.15) is 5.56 Å². The van der Waals surface area contributed by atoms with Crippen LogP contribution in [0.4, 0.5) is 0 Å². The molecule has 6 nitrogen and oxygen atoms in total. The van der Waals surface area contributed by atoms with Crippen molar-refractivity contribution in [3.05, 3.63) is 61.8 Å². The molecule has 0 aliphatic carbocycles. The fourth-order valence-electron chi connectivity index (χ4n) is 2.21. The second kappa shape index (κ2) is 6.84. The average Bonchev–Trinajstić information content (AvgIpc) is 3.14. The molecule has 0 aliphatic heterocycles. The van der Waals surface area contributed by atoms with Gasteiger partial charge in [0.15, 0.2) is 6.67 Å². The van der Waals surface area contributed by atoms with E-state index in [1.807, 2.05) is 36.7 Å². The summed E-state index contributed by atoms with van der Waals surface area (Å²) in [6.45, 7) is 1.10. The molecule has 0 spiro atoms. The van der Waals surface area contributed by atoms with Crippen LogP contribution in [0.3, 0.4) is 0 Å².